The summed E-state index contributed by atoms with van der Waals surface area (Å²) in [6.45, 7) is 2.24. The van der Waals surface area contributed by atoms with Crippen LogP contribution in [0.4, 0.5) is 0 Å². The highest BCUT2D eigenvalue weighted by Gasteiger charge is 2.36. The Bertz CT molecular complexity index is 707. The van der Waals surface area contributed by atoms with E-state index in [0.717, 1.165) is 17.5 Å². The lowest BCUT2D eigenvalue weighted by Crippen LogP contribution is -2.51. The summed E-state index contributed by atoms with van der Waals surface area (Å²) in [6.07, 6.45) is 1.48. The summed E-state index contributed by atoms with van der Waals surface area (Å²) in [7, 11) is 0. The average Bonchev–Trinajstić information content (AvgIpc) is 3.16. The van der Waals surface area contributed by atoms with Gasteiger partial charge in [0.2, 0.25) is 11.8 Å². The van der Waals surface area contributed by atoms with Crippen LogP contribution < -0.4 is 11.1 Å². The van der Waals surface area contributed by atoms with Gasteiger partial charge in [-0.2, -0.15) is 0 Å². The summed E-state index contributed by atoms with van der Waals surface area (Å²) in [5.74, 6) is -0.298. The van der Waals surface area contributed by atoms with Crippen LogP contribution in [0.25, 0.3) is 0 Å². The topological polar surface area (TPSA) is 75.4 Å². The van der Waals surface area contributed by atoms with Crippen molar-refractivity contribution < 1.29 is 9.59 Å². The summed E-state index contributed by atoms with van der Waals surface area (Å²) in [4.78, 5) is 26.9. The Balaban J connectivity index is 1.83. The highest BCUT2D eigenvalue weighted by molar-refractivity contribution is 5.90. The lowest BCUT2D eigenvalue weighted by Gasteiger charge is -2.28. The molecule has 2 atom stereocenters. The van der Waals surface area contributed by atoms with Crippen LogP contribution in [0.1, 0.15) is 36.9 Å². The molecule has 26 heavy (non-hydrogen) atoms. The van der Waals surface area contributed by atoms with E-state index in [1.165, 1.54) is 0 Å². The molecule has 0 aromatic heterocycles. The van der Waals surface area contributed by atoms with E-state index in [9.17, 15) is 9.59 Å². The molecule has 0 aliphatic carbocycles. The first-order valence-electron chi connectivity index (χ1n) is 9.04. The van der Waals surface area contributed by atoms with Crippen LogP contribution in [0.15, 0.2) is 60.7 Å². The molecule has 2 unspecified atom stereocenters. The van der Waals surface area contributed by atoms with Gasteiger partial charge in [-0.3, -0.25) is 9.59 Å². The molecule has 2 aromatic carbocycles. The Hall–Kier alpha value is -2.66. The molecule has 0 bridgehead atoms. The van der Waals surface area contributed by atoms with Crippen molar-refractivity contribution in [3.05, 3.63) is 71.8 Å². The number of hydrogen-bond acceptors (Lipinski definition) is 3. The first kappa shape index (κ1) is 18.1. The van der Waals surface area contributed by atoms with E-state index in [2.05, 4.69) is 5.32 Å². The molecule has 3 N–H and O–H groups in total. The largest absolute Gasteiger partial charge is 0.343 e. The Kier molecular flexibility index (Phi) is 5.68. The SMILES string of the molecule is CC(N)C(=O)N1CCCC1C(=O)NC(c1ccccc1)c1ccccc1. The summed E-state index contributed by atoms with van der Waals surface area (Å²) < 4.78 is 0. The lowest BCUT2D eigenvalue weighted by molar-refractivity contribution is -0.139. The third-order valence-electron chi connectivity index (χ3n) is 4.78. The molecule has 3 rings (SSSR count). The second kappa shape index (κ2) is 8.15. The molecular formula is C21H25N3O2. The zero-order valence-electron chi connectivity index (χ0n) is 15.0. The van der Waals surface area contributed by atoms with Crippen LogP contribution in [0.5, 0.6) is 0 Å². The van der Waals surface area contributed by atoms with Crippen LogP contribution in [0.2, 0.25) is 0 Å². The number of hydrogen-bond donors (Lipinski definition) is 2. The zero-order chi connectivity index (χ0) is 18.5. The number of nitrogens with one attached hydrogen (secondary N) is 1. The van der Waals surface area contributed by atoms with E-state index in [-0.39, 0.29) is 17.9 Å². The van der Waals surface area contributed by atoms with Crippen molar-refractivity contribution in [3.8, 4) is 0 Å². The minimum Gasteiger partial charge on any atom is -0.343 e. The molecule has 0 saturated carbocycles. The van der Waals surface area contributed by atoms with Crippen molar-refractivity contribution in [2.45, 2.75) is 37.9 Å². The van der Waals surface area contributed by atoms with Crippen molar-refractivity contribution in [3.63, 3.8) is 0 Å². The van der Waals surface area contributed by atoms with Crippen LogP contribution in [0, 0.1) is 0 Å². The lowest BCUT2D eigenvalue weighted by atomic mass is 9.98. The minimum absolute atomic E-state index is 0.130. The van der Waals surface area contributed by atoms with Gasteiger partial charge in [0.15, 0.2) is 0 Å². The van der Waals surface area contributed by atoms with Gasteiger partial charge in [0.1, 0.15) is 6.04 Å². The standard InChI is InChI=1S/C21H25N3O2/c1-15(22)21(26)24-14-8-13-18(24)20(25)23-19(16-9-4-2-5-10-16)17-11-6-3-7-12-17/h2-7,9-12,15,18-19H,8,13-14,22H2,1H3,(H,23,25). The molecule has 1 fully saturated rings. The smallest absolute Gasteiger partial charge is 0.243 e. The number of carbonyl (C=O) groups excluding carboxylic acids is 2. The fourth-order valence-corrected chi connectivity index (χ4v) is 3.45. The fraction of sp³-hybridized carbons (Fsp3) is 0.333. The van der Waals surface area contributed by atoms with Crippen LogP contribution in [-0.2, 0) is 9.59 Å². The van der Waals surface area contributed by atoms with Crippen molar-refractivity contribution in [2.24, 2.45) is 5.73 Å². The van der Waals surface area contributed by atoms with E-state index in [4.69, 9.17) is 5.73 Å². The Morgan fingerprint density at radius 3 is 2.08 bits per heavy atom. The van der Waals surface area contributed by atoms with Gasteiger partial charge in [0.05, 0.1) is 12.1 Å². The molecule has 0 spiro atoms. The van der Waals surface area contributed by atoms with Gasteiger partial charge in [-0.25, -0.2) is 0 Å². The number of likely N-dealkylation sites (tertiary alicyclic amines) is 1. The maximum absolute atomic E-state index is 13.0. The summed E-state index contributed by atoms with van der Waals surface area (Å²) in [6, 6.07) is 18.4. The first-order chi connectivity index (χ1) is 12.6. The molecule has 0 radical (unpaired) electrons. The van der Waals surface area contributed by atoms with Gasteiger partial charge in [-0.1, -0.05) is 60.7 Å². The van der Waals surface area contributed by atoms with E-state index in [1.54, 1.807) is 11.8 Å². The number of amides is 2. The number of rotatable bonds is 5. The minimum atomic E-state index is -0.595. The molecule has 1 heterocycles. The average molecular weight is 351 g/mol. The second-order valence-corrected chi connectivity index (χ2v) is 6.74. The van der Waals surface area contributed by atoms with Gasteiger partial charge in [-0.05, 0) is 30.9 Å². The summed E-state index contributed by atoms with van der Waals surface area (Å²) in [5, 5.41) is 3.14. The third-order valence-corrected chi connectivity index (χ3v) is 4.78. The third kappa shape index (κ3) is 3.94. The molecule has 1 aliphatic heterocycles. The monoisotopic (exact) mass is 351 g/mol. The molecule has 1 aliphatic rings. The summed E-state index contributed by atoms with van der Waals surface area (Å²) in [5.41, 5.74) is 7.76. The van der Waals surface area contributed by atoms with Crippen LogP contribution >= 0.6 is 0 Å². The quantitative estimate of drug-likeness (QED) is 0.867. The maximum atomic E-state index is 13.0. The van der Waals surface area contributed by atoms with Gasteiger partial charge >= 0.3 is 0 Å². The van der Waals surface area contributed by atoms with Crippen molar-refractivity contribution in [2.75, 3.05) is 6.54 Å². The van der Waals surface area contributed by atoms with Gasteiger partial charge in [0.25, 0.3) is 0 Å². The Morgan fingerprint density at radius 1 is 1.04 bits per heavy atom. The van der Waals surface area contributed by atoms with Gasteiger partial charge in [-0.15, -0.1) is 0 Å². The molecule has 2 aromatic rings. The normalized spacial score (nSPS) is 18.0. The maximum Gasteiger partial charge on any atom is 0.243 e. The Labute approximate surface area is 154 Å². The second-order valence-electron chi connectivity index (χ2n) is 6.74. The van der Waals surface area contributed by atoms with E-state index >= 15 is 0 Å². The van der Waals surface area contributed by atoms with Gasteiger partial charge in [0, 0.05) is 6.54 Å². The van der Waals surface area contributed by atoms with Gasteiger partial charge < -0.3 is 16.0 Å². The fourth-order valence-electron chi connectivity index (χ4n) is 3.45. The predicted molar refractivity (Wildman–Crippen MR) is 101 cm³/mol. The number of benzene rings is 2. The summed E-state index contributed by atoms with van der Waals surface area (Å²) >= 11 is 0. The number of nitrogens with zero attached hydrogens (tertiary/aromatic N) is 1. The van der Waals surface area contributed by atoms with E-state index in [0.29, 0.717) is 13.0 Å². The highest BCUT2D eigenvalue weighted by atomic mass is 16.2. The Morgan fingerprint density at radius 2 is 1.58 bits per heavy atom. The molecule has 2 amide bonds. The predicted octanol–water partition coefficient (Wildman–Crippen LogP) is 2.23. The molecule has 5 nitrogen and oxygen atoms in total. The first-order valence-corrected chi connectivity index (χ1v) is 9.04. The number of nitrogens with two attached hydrogens (primary N) is 1. The van der Waals surface area contributed by atoms with E-state index < -0.39 is 12.1 Å². The van der Waals surface area contributed by atoms with Crippen LogP contribution in [-0.4, -0.2) is 35.3 Å². The molecule has 1 saturated heterocycles. The van der Waals surface area contributed by atoms with Crippen molar-refractivity contribution in [1.82, 2.24) is 10.2 Å². The zero-order valence-corrected chi connectivity index (χ0v) is 15.0. The highest BCUT2D eigenvalue weighted by Crippen LogP contribution is 2.24. The molecule has 136 valence electrons. The van der Waals surface area contributed by atoms with Crippen molar-refractivity contribution >= 4 is 11.8 Å². The molecular weight excluding hydrogens is 326 g/mol. The van der Waals surface area contributed by atoms with E-state index in [1.807, 2.05) is 60.7 Å². The molecule has 5 heteroatoms. The van der Waals surface area contributed by atoms with Crippen molar-refractivity contribution in [1.29, 1.82) is 0 Å². The number of carbonyl (C=O) groups is 2. The van der Waals surface area contributed by atoms with Crippen LogP contribution in [0.3, 0.4) is 0 Å².